The lowest BCUT2D eigenvalue weighted by Crippen LogP contribution is -2.31. The SMILES string of the molecule is COc1cccc(C(NC(=O)CCc2ccc(C#N)cc2)c2nccn2C)c1. The Morgan fingerprint density at radius 2 is 2.07 bits per heavy atom. The van der Waals surface area contributed by atoms with Gasteiger partial charge >= 0.3 is 0 Å². The van der Waals surface area contributed by atoms with Crippen LogP contribution in [0.4, 0.5) is 0 Å². The number of aryl methyl sites for hydroxylation is 2. The maximum absolute atomic E-state index is 12.7. The smallest absolute Gasteiger partial charge is 0.221 e. The van der Waals surface area contributed by atoms with E-state index in [0.717, 1.165) is 22.7 Å². The van der Waals surface area contributed by atoms with Crippen LogP contribution in [0.3, 0.4) is 0 Å². The number of amides is 1. The number of benzene rings is 2. The molecule has 0 bridgehead atoms. The van der Waals surface area contributed by atoms with E-state index < -0.39 is 0 Å². The summed E-state index contributed by atoms with van der Waals surface area (Å²) in [5.41, 5.74) is 2.53. The summed E-state index contributed by atoms with van der Waals surface area (Å²) in [4.78, 5) is 17.1. The van der Waals surface area contributed by atoms with Gasteiger partial charge in [-0.15, -0.1) is 0 Å². The summed E-state index contributed by atoms with van der Waals surface area (Å²) in [6.45, 7) is 0. The third-order valence-corrected chi connectivity index (χ3v) is 4.57. The monoisotopic (exact) mass is 374 g/mol. The second-order valence-corrected chi connectivity index (χ2v) is 6.48. The molecule has 2 aromatic carbocycles. The first-order valence-electron chi connectivity index (χ1n) is 9.00. The molecule has 6 heteroatoms. The first-order chi connectivity index (χ1) is 13.6. The van der Waals surface area contributed by atoms with E-state index in [2.05, 4.69) is 16.4 Å². The Hall–Kier alpha value is -3.59. The first-order valence-corrected chi connectivity index (χ1v) is 9.00. The van der Waals surface area contributed by atoms with Crippen molar-refractivity contribution in [2.45, 2.75) is 18.9 Å². The molecule has 1 N–H and O–H groups in total. The molecule has 0 spiro atoms. The van der Waals surface area contributed by atoms with Crippen molar-refractivity contribution in [2.24, 2.45) is 7.05 Å². The number of carbonyl (C=O) groups is 1. The second-order valence-electron chi connectivity index (χ2n) is 6.48. The molecule has 0 aliphatic rings. The Morgan fingerprint density at radius 1 is 1.29 bits per heavy atom. The number of imidazole rings is 1. The van der Waals surface area contributed by atoms with Crippen LogP contribution >= 0.6 is 0 Å². The van der Waals surface area contributed by atoms with Crippen molar-refractivity contribution in [3.8, 4) is 11.8 Å². The third kappa shape index (κ3) is 4.57. The highest BCUT2D eigenvalue weighted by molar-refractivity contribution is 5.77. The standard InChI is InChI=1S/C22H22N4O2/c1-26-13-12-24-22(26)21(18-4-3-5-19(14-18)28-2)25-20(27)11-10-16-6-8-17(15-23)9-7-16/h3-9,12-14,21H,10-11H2,1-2H3,(H,25,27). The minimum Gasteiger partial charge on any atom is -0.497 e. The van der Waals surface area contributed by atoms with Crippen molar-refractivity contribution in [1.82, 2.24) is 14.9 Å². The number of rotatable bonds is 7. The van der Waals surface area contributed by atoms with E-state index in [9.17, 15) is 4.79 Å². The molecule has 0 saturated heterocycles. The topological polar surface area (TPSA) is 79.9 Å². The van der Waals surface area contributed by atoms with Gasteiger partial charge in [0.25, 0.3) is 0 Å². The summed E-state index contributed by atoms with van der Waals surface area (Å²) in [7, 11) is 3.52. The van der Waals surface area contributed by atoms with Crippen LogP contribution in [0.5, 0.6) is 5.75 Å². The van der Waals surface area contributed by atoms with E-state index in [-0.39, 0.29) is 11.9 Å². The van der Waals surface area contributed by atoms with Crippen molar-refractivity contribution in [3.05, 3.63) is 83.4 Å². The number of ether oxygens (including phenoxy) is 1. The molecule has 1 amide bonds. The van der Waals surface area contributed by atoms with Gasteiger partial charge in [0.15, 0.2) is 0 Å². The van der Waals surface area contributed by atoms with Crippen LogP contribution in [0.25, 0.3) is 0 Å². The van der Waals surface area contributed by atoms with Crippen LogP contribution in [0.2, 0.25) is 0 Å². The molecule has 142 valence electrons. The van der Waals surface area contributed by atoms with E-state index in [1.165, 1.54) is 0 Å². The number of nitriles is 1. The normalized spacial score (nSPS) is 11.5. The van der Waals surface area contributed by atoms with Crippen molar-refractivity contribution < 1.29 is 9.53 Å². The van der Waals surface area contributed by atoms with Gasteiger partial charge in [-0.3, -0.25) is 4.79 Å². The van der Waals surface area contributed by atoms with E-state index in [1.807, 2.05) is 54.2 Å². The van der Waals surface area contributed by atoms with E-state index in [4.69, 9.17) is 10.00 Å². The number of hydrogen-bond donors (Lipinski definition) is 1. The highest BCUT2D eigenvalue weighted by Crippen LogP contribution is 2.24. The van der Waals surface area contributed by atoms with E-state index in [0.29, 0.717) is 18.4 Å². The molecule has 0 radical (unpaired) electrons. The van der Waals surface area contributed by atoms with E-state index in [1.54, 1.807) is 25.4 Å². The first kappa shape index (κ1) is 19.2. The van der Waals surface area contributed by atoms with Crippen LogP contribution in [0.1, 0.15) is 35.0 Å². The second kappa shape index (κ2) is 8.87. The van der Waals surface area contributed by atoms with Crippen LogP contribution < -0.4 is 10.1 Å². The maximum Gasteiger partial charge on any atom is 0.221 e. The fourth-order valence-corrected chi connectivity index (χ4v) is 3.01. The highest BCUT2D eigenvalue weighted by atomic mass is 16.5. The number of aromatic nitrogens is 2. The highest BCUT2D eigenvalue weighted by Gasteiger charge is 2.21. The van der Waals surface area contributed by atoms with Crippen LogP contribution in [-0.4, -0.2) is 22.6 Å². The zero-order valence-electron chi connectivity index (χ0n) is 15.9. The Balaban J connectivity index is 1.74. The van der Waals surface area contributed by atoms with Crippen LogP contribution in [0, 0.1) is 11.3 Å². The quantitative estimate of drug-likeness (QED) is 0.689. The van der Waals surface area contributed by atoms with Crippen molar-refractivity contribution >= 4 is 5.91 Å². The molecule has 28 heavy (non-hydrogen) atoms. The summed E-state index contributed by atoms with van der Waals surface area (Å²) in [5.74, 6) is 1.41. The Bertz CT molecular complexity index is 986. The average molecular weight is 374 g/mol. The van der Waals surface area contributed by atoms with E-state index >= 15 is 0 Å². The number of methoxy groups -OCH3 is 1. The number of nitrogens with one attached hydrogen (secondary N) is 1. The van der Waals surface area contributed by atoms with Gasteiger partial charge in [0.2, 0.25) is 5.91 Å². The predicted octanol–water partition coefficient (Wildman–Crippen LogP) is 3.14. The lowest BCUT2D eigenvalue weighted by atomic mass is 10.0. The molecule has 6 nitrogen and oxygen atoms in total. The van der Waals surface area contributed by atoms with Gasteiger partial charge in [-0.2, -0.15) is 5.26 Å². The summed E-state index contributed by atoms with van der Waals surface area (Å²) in [5, 5.41) is 12.0. The molecule has 1 heterocycles. The molecule has 0 fully saturated rings. The van der Waals surface area contributed by atoms with Gasteiger partial charge in [-0.1, -0.05) is 24.3 Å². The lowest BCUT2D eigenvalue weighted by molar-refractivity contribution is -0.121. The Morgan fingerprint density at radius 3 is 2.71 bits per heavy atom. The van der Waals surface area contributed by atoms with Gasteiger partial charge in [0, 0.05) is 25.9 Å². The summed E-state index contributed by atoms with van der Waals surface area (Å²) in [6.07, 6.45) is 4.51. The molecule has 0 aliphatic heterocycles. The van der Waals surface area contributed by atoms with Crippen molar-refractivity contribution in [3.63, 3.8) is 0 Å². The van der Waals surface area contributed by atoms with Crippen molar-refractivity contribution in [2.75, 3.05) is 7.11 Å². The fraction of sp³-hybridized carbons (Fsp3) is 0.227. The molecular formula is C22H22N4O2. The lowest BCUT2D eigenvalue weighted by Gasteiger charge is -2.20. The third-order valence-electron chi connectivity index (χ3n) is 4.57. The molecule has 1 unspecified atom stereocenters. The minimum absolute atomic E-state index is 0.0693. The predicted molar refractivity (Wildman–Crippen MR) is 106 cm³/mol. The van der Waals surface area contributed by atoms with Crippen LogP contribution in [0.15, 0.2) is 60.9 Å². The Labute approximate surface area is 164 Å². The summed E-state index contributed by atoms with van der Waals surface area (Å²) in [6, 6.07) is 16.6. The fourth-order valence-electron chi connectivity index (χ4n) is 3.01. The maximum atomic E-state index is 12.7. The van der Waals surface area contributed by atoms with Gasteiger partial charge in [-0.05, 0) is 41.8 Å². The minimum atomic E-state index is -0.372. The number of carbonyl (C=O) groups excluding carboxylic acids is 1. The summed E-state index contributed by atoms with van der Waals surface area (Å²) < 4.78 is 7.21. The van der Waals surface area contributed by atoms with Crippen molar-refractivity contribution in [1.29, 1.82) is 5.26 Å². The largest absolute Gasteiger partial charge is 0.497 e. The number of hydrogen-bond acceptors (Lipinski definition) is 4. The van der Waals surface area contributed by atoms with Gasteiger partial charge in [0.1, 0.15) is 17.6 Å². The zero-order valence-corrected chi connectivity index (χ0v) is 15.9. The Kier molecular flexibility index (Phi) is 6.07. The summed E-state index contributed by atoms with van der Waals surface area (Å²) >= 11 is 0. The van der Waals surface area contributed by atoms with Gasteiger partial charge < -0.3 is 14.6 Å². The molecule has 1 aromatic heterocycles. The molecular weight excluding hydrogens is 352 g/mol. The molecule has 3 rings (SSSR count). The zero-order chi connectivity index (χ0) is 19.9. The molecule has 0 aliphatic carbocycles. The average Bonchev–Trinajstić information content (AvgIpc) is 3.16. The molecule has 1 atom stereocenters. The van der Waals surface area contributed by atoms with Gasteiger partial charge in [-0.25, -0.2) is 4.98 Å². The molecule has 0 saturated carbocycles. The number of nitrogens with zero attached hydrogens (tertiary/aromatic N) is 3. The van der Waals surface area contributed by atoms with Crippen LogP contribution in [-0.2, 0) is 18.3 Å². The van der Waals surface area contributed by atoms with Gasteiger partial charge in [0.05, 0.1) is 18.7 Å². The molecule has 3 aromatic rings.